The number of carboxylic acid groups (broad SMARTS) is 1. The van der Waals surface area contributed by atoms with Crippen molar-refractivity contribution in [3.63, 3.8) is 0 Å². The maximum absolute atomic E-state index is 10.7. The van der Waals surface area contributed by atoms with E-state index in [0.29, 0.717) is 24.7 Å². The van der Waals surface area contributed by atoms with E-state index in [4.69, 9.17) is 19.0 Å². The van der Waals surface area contributed by atoms with Gasteiger partial charge in [-0.3, -0.25) is 0 Å². The van der Waals surface area contributed by atoms with Crippen LogP contribution in [0, 0.1) is 0 Å². The first-order chi connectivity index (χ1) is 15.1. The molecule has 4 rings (SSSR count). The average Bonchev–Trinajstić information content (AvgIpc) is 3.22. The number of hydrogen-bond acceptors (Lipinski definition) is 6. The summed E-state index contributed by atoms with van der Waals surface area (Å²) in [5.41, 5.74) is 4.40. The maximum Gasteiger partial charge on any atom is 0.341 e. The monoisotopic (exact) mass is 418 g/mol. The zero-order valence-electron chi connectivity index (χ0n) is 17.0. The molecule has 0 fully saturated rings. The second-order valence-corrected chi connectivity index (χ2v) is 6.94. The van der Waals surface area contributed by atoms with Gasteiger partial charge >= 0.3 is 5.97 Å². The van der Waals surface area contributed by atoms with Crippen molar-refractivity contribution in [2.24, 2.45) is 0 Å². The topological polar surface area (TPSA) is 93.8 Å². The Morgan fingerprint density at radius 1 is 1.03 bits per heavy atom. The van der Waals surface area contributed by atoms with Crippen LogP contribution in [0.1, 0.15) is 11.1 Å². The summed E-state index contributed by atoms with van der Waals surface area (Å²) in [6.45, 7) is 0.804. The predicted octanol–water partition coefficient (Wildman–Crippen LogP) is 4.26. The molecule has 0 saturated heterocycles. The van der Waals surface area contributed by atoms with Crippen molar-refractivity contribution >= 4 is 17.1 Å². The molecule has 0 aliphatic heterocycles. The van der Waals surface area contributed by atoms with E-state index >= 15 is 0 Å². The summed E-state index contributed by atoms with van der Waals surface area (Å²) in [5, 5.41) is 12.2. The average molecular weight is 418 g/mol. The predicted molar refractivity (Wildman–Crippen MR) is 116 cm³/mol. The number of aliphatic carboxylic acids is 1. The number of carboxylic acids is 1. The van der Waals surface area contributed by atoms with Crippen LogP contribution in [0.5, 0.6) is 11.5 Å². The number of nitrogens with one attached hydrogen (secondary N) is 1. The molecule has 158 valence electrons. The fraction of sp³-hybridized carbons (Fsp3) is 0.167. The van der Waals surface area contributed by atoms with E-state index < -0.39 is 5.97 Å². The summed E-state index contributed by atoms with van der Waals surface area (Å²) >= 11 is 0. The van der Waals surface area contributed by atoms with Crippen LogP contribution in [0.3, 0.4) is 0 Å². The van der Waals surface area contributed by atoms with Crippen LogP contribution in [0.25, 0.3) is 22.6 Å². The minimum absolute atomic E-state index is 0.364. The molecule has 0 aliphatic rings. The molecule has 0 bridgehead atoms. The second-order valence-electron chi connectivity index (χ2n) is 6.94. The lowest BCUT2D eigenvalue weighted by molar-refractivity contribution is -0.139. The molecule has 1 aromatic heterocycles. The van der Waals surface area contributed by atoms with Crippen molar-refractivity contribution < 1.29 is 23.8 Å². The van der Waals surface area contributed by atoms with E-state index in [9.17, 15) is 4.79 Å². The summed E-state index contributed by atoms with van der Waals surface area (Å²) in [4.78, 5) is 15.3. The number of para-hydroxylation sites is 2. The Morgan fingerprint density at radius 2 is 1.90 bits per heavy atom. The molecule has 2 N–H and O–H groups in total. The third-order valence-corrected chi connectivity index (χ3v) is 4.75. The van der Waals surface area contributed by atoms with E-state index in [1.54, 1.807) is 13.2 Å². The molecule has 0 radical (unpaired) electrons. The largest absolute Gasteiger partial charge is 0.497 e. The van der Waals surface area contributed by atoms with Crippen LogP contribution in [0.2, 0.25) is 0 Å². The van der Waals surface area contributed by atoms with Gasteiger partial charge in [0.2, 0.25) is 5.89 Å². The Morgan fingerprint density at radius 3 is 2.71 bits per heavy atom. The van der Waals surface area contributed by atoms with E-state index in [1.165, 1.54) is 0 Å². The third kappa shape index (κ3) is 5.02. The van der Waals surface area contributed by atoms with Crippen LogP contribution in [-0.2, 0) is 17.9 Å². The standard InChI is InChI=1S/C24H22N2O5/c1-29-18-10-9-17(20(12-18)24-26-21-7-2-3-8-22(21)31-24)14-25-13-16-5-4-6-19(11-16)30-15-23(27)28/h2-12,25H,13-15H2,1H3,(H,27,28). The Hall–Kier alpha value is -3.84. The van der Waals surface area contributed by atoms with Gasteiger partial charge in [0.15, 0.2) is 12.2 Å². The zero-order chi connectivity index (χ0) is 21.6. The van der Waals surface area contributed by atoms with Gasteiger partial charge in [-0.15, -0.1) is 0 Å². The lowest BCUT2D eigenvalue weighted by Gasteiger charge is -2.11. The van der Waals surface area contributed by atoms with Crippen LogP contribution in [-0.4, -0.2) is 29.8 Å². The molecule has 7 heteroatoms. The van der Waals surface area contributed by atoms with Gasteiger partial charge in [0, 0.05) is 18.7 Å². The van der Waals surface area contributed by atoms with E-state index in [2.05, 4.69) is 10.3 Å². The van der Waals surface area contributed by atoms with Gasteiger partial charge in [0.05, 0.1) is 7.11 Å². The van der Waals surface area contributed by atoms with Gasteiger partial charge in [-0.25, -0.2) is 9.78 Å². The molecule has 0 atom stereocenters. The van der Waals surface area contributed by atoms with Crippen LogP contribution >= 0.6 is 0 Å². The van der Waals surface area contributed by atoms with Crippen molar-refractivity contribution in [3.05, 3.63) is 77.9 Å². The number of oxazole rings is 1. The molecule has 1 heterocycles. The van der Waals surface area contributed by atoms with Crippen molar-refractivity contribution in [2.45, 2.75) is 13.1 Å². The minimum Gasteiger partial charge on any atom is -0.497 e. The Kier molecular flexibility index (Phi) is 6.14. The first-order valence-corrected chi connectivity index (χ1v) is 9.79. The van der Waals surface area contributed by atoms with Crippen molar-refractivity contribution in [1.82, 2.24) is 10.3 Å². The van der Waals surface area contributed by atoms with Gasteiger partial charge in [0.1, 0.15) is 17.0 Å². The first kappa shape index (κ1) is 20.4. The molecule has 0 aliphatic carbocycles. The molecule has 0 amide bonds. The molecule has 0 saturated carbocycles. The van der Waals surface area contributed by atoms with Gasteiger partial charge in [-0.1, -0.05) is 30.3 Å². The van der Waals surface area contributed by atoms with Gasteiger partial charge < -0.3 is 24.3 Å². The lowest BCUT2D eigenvalue weighted by Crippen LogP contribution is -2.14. The highest BCUT2D eigenvalue weighted by atomic mass is 16.5. The smallest absolute Gasteiger partial charge is 0.341 e. The number of hydrogen-bond donors (Lipinski definition) is 2. The summed E-state index contributed by atoms with van der Waals surface area (Å²) in [6, 6.07) is 20.8. The van der Waals surface area contributed by atoms with E-state index in [0.717, 1.165) is 33.5 Å². The van der Waals surface area contributed by atoms with Crippen molar-refractivity contribution in [1.29, 1.82) is 0 Å². The highest BCUT2D eigenvalue weighted by molar-refractivity contribution is 5.77. The molecule has 4 aromatic rings. The fourth-order valence-electron chi connectivity index (χ4n) is 3.26. The number of carbonyl (C=O) groups is 1. The maximum atomic E-state index is 10.7. The molecule has 0 spiro atoms. The number of benzene rings is 3. The van der Waals surface area contributed by atoms with Crippen LogP contribution < -0.4 is 14.8 Å². The van der Waals surface area contributed by atoms with Gasteiger partial charge in [-0.2, -0.15) is 0 Å². The summed E-state index contributed by atoms with van der Waals surface area (Å²) in [7, 11) is 1.63. The van der Waals surface area contributed by atoms with E-state index in [1.807, 2.05) is 60.7 Å². The highest BCUT2D eigenvalue weighted by Crippen LogP contribution is 2.30. The van der Waals surface area contributed by atoms with Gasteiger partial charge in [0.25, 0.3) is 0 Å². The molecular weight excluding hydrogens is 396 g/mol. The number of nitrogens with zero attached hydrogens (tertiary/aromatic N) is 1. The number of ether oxygens (including phenoxy) is 2. The van der Waals surface area contributed by atoms with Crippen LogP contribution in [0.15, 0.2) is 71.1 Å². The lowest BCUT2D eigenvalue weighted by atomic mass is 10.1. The first-order valence-electron chi connectivity index (χ1n) is 9.79. The number of aromatic nitrogens is 1. The summed E-state index contributed by atoms with van der Waals surface area (Å²) in [5.74, 6) is 0.790. The summed E-state index contributed by atoms with van der Waals surface area (Å²) < 4.78 is 16.6. The van der Waals surface area contributed by atoms with Crippen molar-refractivity contribution in [2.75, 3.05) is 13.7 Å². The number of methoxy groups -OCH3 is 1. The Bertz CT molecular complexity index is 1170. The van der Waals surface area contributed by atoms with Crippen molar-refractivity contribution in [3.8, 4) is 23.0 Å². The molecule has 7 nitrogen and oxygen atoms in total. The fourth-order valence-corrected chi connectivity index (χ4v) is 3.26. The normalized spacial score (nSPS) is 10.9. The van der Waals surface area contributed by atoms with E-state index in [-0.39, 0.29) is 6.61 Å². The molecule has 31 heavy (non-hydrogen) atoms. The molecule has 3 aromatic carbocycles. The second kappa shape index (κ2) is 9.32. The van der Waals surface area contributed by atoms with Gasteiger partial charge in [-0.05, 0) is 47.5 Å². The highest BCUT2D eigenvalue weighted by Gasteiger charge is 2.14. The minimum atomic E-state index is -1.00. The SMILES string of the molecule is COc1ccc(CNCc2cccc(OCC(=O)O)c2)c(-c2nc3ccccc3o2)c1. The number of fused-ring (bicyclic) bond motifs is 1. The molecular formula is C24H22N2O5. The Balaban J connectivity index is 1.50. The van der Waals surface area contributed by atoms with Crippen LogP contribution in [0.4, 0.5) is 0 Å². The number of rotatable bonds is 9. The third-order valence-electron chi connectivity index (χ3n) is 4.75. The summed E-state index contributed by atoms with van der Waals surface area (Å²) in [6.07, 6.45) is 0. The Labute approximate surface area is 179 Å². The molecule has 0 unspecified atom stereocenters. The zero-order valence-corrected chi connectivity index (χ0v) is 17.0. The quantitative estimate of drug-likeness (QED) is 0.419.